The number of rotatable bonds is 8. The second-order valence-electron chi connectivity index (χ2n) is 21.7. The molecule has 0 amide bonds. The summed E-state index contributed by atoms with van der Waals surface area (Å²) in [6.45, 7) is 18.2. The van der Waals surface area contributed by atoms with Crippen LogP contribution < -0.4 is 4.40 Å². The maximum absolute atomic E-state index is 6.76. The summed E-state index contributed by atoms with van der Waals surface area (Å²) < 4.78 is 10.7. The van der Waals surface area contributed by atoms with Crippen LogP contribution in [0.15, 0.2) is 150 Å². The van der Waals surface area contributed by atoms with Gasteiger partial charge in [-0.2, -0.15) is 0 Å². The number of nitrogens with zero attached hydrogens (tertiary/aromatic N) is 4. The predicted octanol–water partition coefficient (Wildman–Crippen LogP) is 16.8. The van der Waals surface area contributed by atoms with Crippen molar-refractivity contribution < 1.29 is 24.5 Å². The average molecular weight is 1160 g/mol. The van der Waals surface area contributed by atoms with Gasteiger partial charge in [0.2, 0.25) is 5.71 Å². The zero-order valence-corrected chi connectivity index (χ0v) is 46.8. The van der Waals surface area contributed by atoms with E-state index >= 15 is 0 Å². The van der Waals surface area contributed by atoms with Crippen molar-refractivity contribution >= 4 is 83.1 Å². The minimum Gasteiger partial charge on any atom is -0.486 e. The molecule has 1 radical (unpaired) electrons. The van der Waals surface area contributed by atoms with Crippen LogP contribution >= 0.6 is 0 Å². The fourth-order valence-corrected chi connectivity index (χ4v) is 13.5. The topological polar surface area (TPSA) is 56.7 Å². The molecule has 5 nitrogen and oxygen atoms in total. The zero-order valence-electron chi connectivity index (χ0n) is 42.3. The molecule has 0 aliphatic rings. The summed E-state index contributed by atoms with van der Waals surface area (Å²) in [5.41, 5.74) is 11.4. The van der Waals surface area contributed by atoms with Crippen molar-refractivity contribution in [3.05, 3.63) is 175 Å². The van der Waals surface area contributed by atoms with Crippen molar-refractivity contribution in [1.82, 2.24) is 19.5 Å². The molecule has 11 aromatic rings. The molecule has 0 bridgehead atoms. The smallest absolute Gasteiger partial charge is 0.216 e. The molecule has 0 fully saturated rings. The average Bonchev–Trinajstić information content (AvgIpc) is 3.91. The summed E-state index contributed by atoms with van der Waals surface area (Å²) >= 11 is -1.86. The Morgan fingerprint density at radius 3 is 2.00 bits per heavy atom. The zero-order chi connectivity index (χ0) is 48.4. The van der Waals surface area contributed by atoms with Crippen LogP contribution in [0, 0.1) is 23.5 Å². The van der Waals surface area contributed by atoms with E-state index in [1.807, 2.05) is 24.3 Å². The number of pyridine rings is 2. The van der Waals surface area contributed by atoms with Gasteiger partial charge in [0.25, 0.3) is 0 Å². The van der Waals surface area contributed by atoms with Crippen LogP contribution in [0.1, 0.15) is 84.0 Å². The second-order valence-corrected chi connectivity index (χ2v) is 32.2. The van der Waals surface area contributed by atoms with Crippen LogP contribution in [-0.4, -0.2) is 32.8 Å². The number of imidazole rings is 1. The van der Waals surface area contributed by atoms with Crippen LogP contribution in [0.25, 0.3) is 93.8 Å². The summed E-state index contributed by atoms with van der Waals surface area (Å²) in [7, 11) is 0. The largest absolute Gasteiger partial charge is 0.486 e. The molecular weight excluding hydrogens is 1090 g/mol. The van der Waals surface area contributed by atoms with Crippen LogP contribution in [0.2, 0.25) is 17.3 Å². The van der Waals surface area contributed by atoms with Crippen LogP contribution in [-0.2, 0) is 26.5 Å². The van der Waals surface area contributed by atoms with Gasteiger partial charge in [0.15, 0.2) is 0 Å². The van der Waals surface area contributed by atoms with E-state index in [-0.39, 0.29) is 37.4 Å². The SMILES string of the molecule is CC(C)Cc1cc(-c2[c-]cccc2)nc[c]1[Ge]([CH3])([CH3])[CH3].CC(C)c1c(-n2c(-c3[c-]ccc4c3oc3nc(C(C)C(C)(C)C)ccc34)nc3ccc4ccccc4c32)c2ccccc2c2ccccc12.[Ir]. The van der Waals surface area contributed by atoms with E-state index in [1.54, 1.807) is 4.40 Å². The summed E-state index contributed by atoms with van der Waals surface area (Å²) in [5, 5.41) is 9.29. The molecule has 355 valence electrons. The molecule has 70 heavy (non-hydrogen) atoms. The van der Waals surface area contributed by atoms with Gasteiger partial charge in [-0.1, -0.05) is 131 Å². The maximum Gasteiger partial charge on any atom is 0.216 e. The molecule has 11 rings (SSSR count). The van der Waals surface area contributed by atoms with Crippen molar-refractivity contribution in [2.24, 2.45) is 11.3 Å². The number of hydrogen-bond donors (Lipinski definition) is 0. The normalized spacial score (nSPS) is 12.6. The van der Waals surface area contributed by atoms with E-state index in [0.717, 1.165) is 73.2 Å². The standard InChI is InChI=1S/C45H38N3O.C18H24GeN.Ir/c1-26(2)39-32-18-11-9-16-30(32)31-17-10-12-19-33(31)41(39)48-40-29-15-8-7-14-28(29)22-24-38(40)46-43(48)36-21-13-20-34-35-23-25-37(27(3)45(4,5)6)47-44(35)49-42(34)36;1-14(2)11-16-12-18(15-9-7-6-8-10-15)20-13-17(16)19(3,4)5;/h7-20,22-27H,1-6H3;6-9,12-14H,11H2,1-5H3;/q2*-1;. The Balaban J connectivity index is 0.000000244. The number of hydrogen-bond acceptors (Lipinski definition) is 4. The van der Waals surface area contributed by atoms with Gasteiger partial charge >= 0.3 is 126 Å². The number of fused-ring (bicyclic) bond motifs is 9. The first-order valence-electron chi connectivity index (χ1n) is 24.6. The molecule has 0 spiro atoms. The first kappa shape index (κ1) is 49.1. The van der Waals surface area contributed by atoms with Crippen molar-refractivity contribution in [3.8, 4) is 28.3 Å². The van der Waals surface area contributed by atoms with Crippen molar-refractivity contribution in [2.75, 3.05) is 0 Å². The van der Waals surface area contributed by atoms with Gasteiger partial charge in [-0.3, -0.25) is 4.98 Å². The van der Waals surface area contributed by atoms with Crippen LogP contribution in [0.4, 0.5) is 0 Å². The molecule has 0 N–H and O–H groups in total. The molecule has 4 aromatic heterocycles. The monoisotopic (exact) mass is 1160 g/mol. The van der Waals surface area contributed by atoms with Gasteiger partial charge in [-0.05, 0) is 56.6 Å². The van der Waals surface area contributed by atoms with Crippen molar-refractivity contribution in [3.63, 3.8) is 0 Å². The Labute approximate surface area is 429 Å². The van der Waals surface area contributed by atoms with Gasteiger partial charge in [-0.15, -0.1) is 18.2 Å². The predicted molar refractivity (Wildman–Crippen MR) is 295 cm³/mol. The van der Waals surface area contributed by atoms with Crippen LogP contribution in [0.3, 0.4) is 0 Å². The van der Waals surface area contributed by atoms with E-state index in [4.69, 9.17) is 19.4 Å². The third kappa shape index (κ3) is 9.04. The Bertz CT molecular complexity index is 3700. The fourth-order valence-electron chi connectivity index (χ4n) is 10.2. The number of aromatic nitrogens is 4. The van der Waals surface area contributed by atoms with Gasteiger partial charge in [0.05, 0.1) is 28.1 Å². The second kappa shape index (κ2) is 19.4. The Morgan fingerprint density at radius 1 is 0.657 bits per heavy atom. The summed E-state index contributed by atoms with van der Waals surface area (Å²) in [6.07, 6.45) is 3.27. The van der Waals surface area contributed by atoms with E-state index in [2.05, 4.69) is 211 Å². The molecule has 0 saturated carbocycles. The van der Waals surface area contributed by atoms with Crippen molar-refractivity contribution in [1.29, 1.82) is 0 Å². The minimum atomic E-state index is -1.86. The molecule has 1 unspecified atom stereocenters. The van der Waals surface area contributed by atoms with E-state index in [1.165, 1.54) is 38.1 Å². The van der Waals surface area contributed by atoms with E-state index < -0.39 is 13.3 Å². The van der Waals surface area contributed by atoms with E-state index in [0.29, 0.717) is 11.6 Å². The number of benzene rings is 7. The number of furan rings is 1. The van der Waals surface area contributed by atoms with Crippen LogP contribution in [0.5, 0.6) is 0 Å². The first-order chi connectivity index (χ1) is 33.1. The van der Waals surface area contributed by atoms with Crippen molar-refractivity contribution in [2.45, 2.75) is 90.9 Å². The molecule has 1 atom stereocenters. The maximum atomic E-state index is 6.76. The third-order valence-corrected chi connectivity index (χ3v) is 18.3. The Hall–Kier alpha value is -5.92. The minimum absolute atomic E-state index is 0. The van der Waals surface area contributed by atoms with Gasteiger partial charge in [0.1, 0.15) is 0 Å². The van der Waals surface area contributed by atoms with Gasteiger partial charge in [0, 0.05) is 47.9 Å². The molecule has 0 aliphatic heterocycles. The summed E-state index contributed by atoms with van der Waals surface area (Å²) in [5.74, 6) is 9.31. The Morgan fingerprint density at radius 2 is 1.33 bits per heavy atom. The first-order valence-corrected chi connectivity index (χ1v) is 32.0. The quantitative estimate of drug-likeness (QED) is 0.0864. The summed E-state index contributed by atoms with van der Waals surface area (Å²) in [6, 6.07) is 56.2. The molecular formula is C63H62GeIrN4O-2. The van der Waals surface area contributed by atoms with E-state index in [9.17, 15) is 0 Å². The summed E-state index contributed by atoms with van der Waals surface area (Å²) in [4.78, 5) is 15.2. The Kier molecular flexibility index (Phi) is 13.6. The molecule has 7 aromatic carbocycles. The molecule has 0 saturated heterocycles. The molecule has 7 heteroatoms. The van der Waals surface area contributed by atoms with Gasteiger partial charge in [-0.25, -0.2) is 4.98 Å². The molecule has 0 aliphatic carbocycles. The molecule has 4 heterocycles. The van der Waals surface area contributed by atoms with Gasteiger partial charge < -0.3 is 8.98 Å². The fraction of sp³-hybridized carbons (Fsp3) is 0.254. The third-order valence-electron chi connectivity index (χ3n) is 14.0.